The van der Waals surface area contributed by atoms with Crippen LogP contribution in [0.4, 0.5) is 13.6 Å². The first-order valence-electron chi connectivity index (χ1n) is 13.9. The Balaban J connectivity index is 1.47. The predicted molar refractivity (Wildman–Crippen MR) is 152 cm³/mol. The molecule has 2 aromatic carbocycles. The number of alkyl halides is 2. The molecule has 11 heteroatoms. The normalized spacial score (nSPS) is 17.8. The van der Waals surface area contributed by atoms with E-state index in [1.807, 2.05) is 25.1 Å². The highest BCUT2D eigenvalue weighted by Gasteiger charge is 2.43. The lowest BCUT2D eigenvalue weighted by Crippen LogP contribution is -2.47. The first-order valence-corrected chi connectivity index (χ1v) is 13.9. The SMILES string of the molecule is Cc1cc(CN(C)C(=O)c2ccc(CC3CCC(C(O)c4ccc(OC(F)F)cc4)N3C(=O)OC(C)(C)C)cc2)n[nH]1. The van der Waals surface area contributed by atoms with Gasteiger partial charge in [0.15, 0.2) is 0 Å². The minimum atomic E-state index is -2.95. The summed E-state index contributed by atoms with van der Waals surface area (Å²) in [6.07, 6.45) is 0.0558. The minimum Gasteiger partial charge on any atom is -0.444 e. The Hall–Kier alpha value is -3.99. The van der Waals surface area contributed by atoms with Crippen LogP contribution in [0.5, 0.6) is 5.75 Å². The molecule has 0 saturated carbocycles. The molecule has 1 aliphatic heterocycles. The number of amides is 2. The summed E-state index contributed by atoms with van der Waals surface area (Å²) < 4.78 is 35.2. The molecule has 0 aliphatic carbocycles. The molecule has 1 aliphatic rings. The van der Waals surface area contributed by atoms with E-state index in [9.17, 15) is 23.5 Å². The second-order valence-electron chi connectivity index (χ2n) is 11.7. The number of halogens is 2. The zero-order chi connectivity index (χ0) is 30.6. The molecule has 1 saturated heterocycles. The molecule has 0 bridgehead atoms. The third-order valence-electron chi connectivity index (χ3n) is 7.14. The van der Waals surface area contributed by atoms with Gasteiger partial charge in [-0.25, -0.2) is 4.79 Å². The van der Waals surface area contributed by atoms with Gasteiger partial charge in [0.1, 0.15) is 11.4 Å². The zero-order valence-electron chi connectivity index (χ0n) is 24.5. The van der Waals surface area contributed by atoms with Gasteiger partial charge in [-0.15, -0.1) is 0 Å². The zero-order valence-corrected chi connectivity index (χ0v) is 24.5. The number of hydrogen-bond donors (Lipinski definition) is 2. The highest BCUT2D eigenvalue weighted by atomic mass is 19.3. The van der Waals surface area contributed by atoms with E-state index in [1.54, 1.807) is 49.8 Å². The van der Waals surface area contributed by atoms with Crippen molar-refractivity contribution in [1.82, 2.24) is 20.0 Å². The summed E-state index contributed by atoms with van der Waals surface area (Å²) in [5.74, 6) is -0.148. The van der Waals surface area contributed by atoms with Crippen molar-refractivity contribution in [3.8, 4) is 5.75 Å². The van der Waals surface area contributed by atoms with Gasteiger partial charge in [0.2, 0.25) is 0 Å². The molecule has 3 unspecified atom stereocenters. The molecule has 42 heavy (non-hydrogen) atoms. The molecule has 1 fully saturated rings. The monoisotopic (exact) mass is 584 g/mol. The Morgan fingerprint density at radius 2 is 1.79 bits per heavy atom. The van der Waals surface area contributed by atoms with Crippen molar-refractivity contribution in [2.75, 3.05) is 7.05 Å². The van der Waals surface area contributed by atoms with E-state index >= 15 is 0 Å². The van der Waals surface area contributed by atoms with E-state index in [0.717, 1.165) is 17.0 Å². The molecule has 2 amide bonds. The average Bonchev–Trinajstić information content (AvgIpc) is 3.53. The second kappa shape index (κ2) is 12.9. The van der Waals surface area contributed by atoms with E-state index in [0.29, 0.717) is 36.9 Å². The first kappa shape index (κ1) is 31.0. The maximum absolute atomic E-state index is 13.4. The number of aliphatic hydroxyl groups is 1. The molecule has 0 spiro atoms. The number of carbonyl (C=O) groups excluding carboxylic acids is 2. The summed E-state index contributed by atoms with van der Waals surface area (Å²) in [6.45, 7) is 4.68. The lowest BCUT2D eigenvalue weighted by atomic mass is 10.00. The van der Waals surface area contributed by atoms with E-state index in [-0.39, 0.29) is 17.7 Å². The van der Waals surface area contributed by atoms with E-state index < -0.39 is 30.5 Å². The van der Waals surface area contributed by atoms with Gasteiger partial charge < -0.3 is 19.5 Å². The number of rotatable bonds is 9. The molecular formula is C31H38F2N4O5. The van der Waals surface area contributed by atoms with Gasteiger partial charge in [0.25, 0.3) is 5.91 Å². The fourth-order valence-corrected chi connectivity index (χ4v) is 5.24. The number of aliphatic hydroxyl groups excluding tert-OH is 1. The Morgan fingerprint density at radius 1 is 1.12 bits per heavy atom. The van der Waals surface area contributed by atoms with Crippen molar-refractivity contribution in [1.29, 1.82) is 0 Å². The lowest BCUT2D eigenvalue weighted by molar-refractivity contribution is -0.0499. The Morgan fingerprint density at radius 3 is 2.36 bits per heavy atom. The van der Waals surface area contributed by atoms with Crippen LogP contribution in [0.2, 0.25) is 0 Å². The number of benzene rings is 2. The molecule has 3 aromatic rings. The molecule has 226 valence electrons. The van der Waals surface area contributed by atoms with Crippen LogP contribution in [0.1, 0.15) is 72.6 Å². The number of hydrogen-bond acceptors (Lipinski definition) is 6. The highest BCUT2D eigenvalue weighted by Crippen LogP contribution is 2.36. The van der Waals surface area contributed by atoms with Crippen molar-refractivity contribution in [2.24, 2.45) is 0 Å². The van der Waals surface area contributed by atoms with Crippen LogP contribution in [0.15, 0.2) is 54.6 Å². The van der Waals surface area contributed by atoms with Gasteiger partial charge in [-0.05, 0) is 88.4 Å². The van der Waals surface area contributed by atoms with Gasteiger partial charge >= 0.3 is 12.7 Å². The van der Waals surface area contributed by atoms with Gasteiger partial charge in [-0.2, -0.15) is 13.9 Å². The van der Waals surface area contributed by atoms with Gasteiger partial charge in [0, 0.05) is 24.3 Å². The van der Waals surface area contributed by atoms with E-state index in [1.165, 1.54) is 24.3 Å². The summed E-state index contributed by atoms with van der Waals surface area (Å²) in [6, 6.07) is 14.1. The number of aryl methyl sites for hydroxylation is 1. The second-order valence-corrected chi connectivity index (χ2v) is 11.7. The number of nitrogens with zero attached hydrogens (tertiary/aromatic N) is 3. The van der Waals surface area contributed by atoms with E-state index in [2.05, 4.69) is 14.9 Å². The Kier molecular flexibility index (Phi) is 9.50. The summed E-state index contributed by atoms with van der Waals surface area (Å²) >= 11 is 0. The topological polar surface area (TPSA) is 108 Å². The van der Waals surface area contributed by atoms with Crippen LogP contribution in [-0.4, -0.2) is 68.4 Å². The predicted octanol–water partition coefficient (Wildman–Crippen LogP) is 5.64. The van der Waals surface area contributed by atoms with Crippen LogP contribution >= 0.6 is 0 Å². The van der Waals surface area contributed by atoms with Crippen molar-refractivity contribution in [2.45, 2.75) is 83.9 Å². The van der Waals surface area contributed by atoms with Gasteiger partial charge in [-0.3, -0.25) is 14.8 Å². The fourth-order valence-electron chi connectivity index (χ4n) is 5.24. The minimum absolute atomic E-state index is 0.0152. The van der Waals surface area contributed by atoms with Crippen LogP contribution in [0, 0.1) is 6.92 Å². The number of likely N-dealkylation sites (tertiary alicyclic amines) is 1. The lowest BCUT2D eigenvalue weighted by Gasteiger charge is -2.35. The van der Waals surface area contributed by atoms with E-state index in [4.69, 9.17) is 4.74 Å². The van der Waals surface area contributed by atoms with Crippen molar-refractivity contribution in [3.63, 3.8) is 0 Å². The first-order chi connectivity index (χ1) is 19.8. The van der Waals surface area contributed by atoms with Gasteiger partial charge in [-0.1, -0.05) is 24.3 Å². The summed E-state index contributed by atoms with van der Waals surface area (Å²) in [5.41, 5.74) is 2.91. The Labute approximate surface area is 244 Å². The molecular weight excluding hydrogens is 546 g/mol. The number of carbonyl (C=O) groups is 2. The number of aromatic amines is 1. The quantitative estimate of drug-likeness (QED) is 0.337. The van der Waals surface area contributed by atoms with Crippen LogP contribution in [-0.2, 0) is 17.7 Å². The Bertz CT molecular complexity index is 1350. The molecule has 3 atom stereocenters. The largest absolute Gasteiger partial charge is 0.444 e. The number of H-pyrrole nitrogens is 1. The van der Waals surface area contributed by atoms with Crippen molar-refractivity contribution in [3.05, 3.63) is 82.7 Å². The van der Waals surface area contributed by atoms with Crippen LogP contribution in [0.25, 0.3) is 0 Å². The summed E-state index contributed by atoms with van der Waals surface area (Å²) in [5, 5.41) is 18.3. The number of aromatic nitrogens is 2. The number of nitrogens with one attached hydrogen (secondary N) is 1. The van der Waals surface area contributed by atoms with Crippen LogP contribution in [0.3, 0.4) is 0 Å². The summed E-state index contributed by atoms with van der Waals surface area (Å²) in [4.78, 5) is 29.5. The fraction of sp³-hybridized carbons (Fsp3) is 0.452. The number of ether oxygens (including phenoxy) is 2. The smallest absolute Gasteiger partial charge is 0.410 e. The maximum Gasteiger partial charge on any atom is 0.410 e. The standard InChI is InChI=1S/C31H38F2N4O5/c1-19-16-23(35-34-19)18-36(5)28(39)22-8-6-20(7-9-22)17-24-12-15-26(37(24)30(40)42-31(2,3)4)27(38)21-10-13-25(14-11-21)41-29(32)33/h6-11,13-14,16,24,26-27,29,38H,12,15,17-18H2,1-5H3,(H,34,35). The molecule has 4 rings (SSSR count). The third-order valence-corrected chi connectivity index (χ3v) is 7.14. The molecule has 2 N–H and O–H groups in total. The molecule has 0 radical (unpaired) electrons. The van der Waals surface area contributed by atoms with Crippen molar-refractivity contribution < 1.29 is 33.0 Å². The van der Waals surface area contributed by atoms with Gasteiger partial charge in [0.05, 0.1) is 24.4 Å². The summed E-state index contributed by atoms with van der Waals surface area (Å²) in [7, 11) is 1.72. The average molecular weight is 585 g/mol. The molecule has 2 heterocycles. The third kappa shape index (κ3) is 7.84. The molecule has 1 aromatic heterocycles. The molecule has 9 nitrogen and oxygen atoms in total. The highest BCUT2D eigenvalue weighted by molar-refractivity contribution is 5.94. The van der Waals surface area contributed by atoms with Crippen molar-refractivity contribution >= 4 is 12.0 Å². The maximum atomic E-state index is 13.4. The van der Waals surface area contributed by atoms with Crippen LogP contribution < -0.4 is 4.74 Å².